The molecule has 0 saturated heterocycles. The van der Waals surface area contributed by atoms with Crippen molar-refractivity contribution in [2.45, 2.75) is 70.0 Å². The van der Waals surface area contributed by atoms with Gasteiger partial charge in [0.05, 0.1) is 19.1 Å². The molecule has 10 heteroatoms. The first-order chi connectivity index (χ1) is 21.2. The smallest absolute Gasteiger partial charge is 0.243 e. The SMILES string of the molecule is COc1ccccc1N(CCCC(=O)N(Cc1ccccc1Cl)[C@@H](Cc1ccccc1)C(=O)NC1CCCCC1)S(C)(=O)=O. The number of halogens is 1. The average molecular weight is 640 g/mol. The van der Waals surface area contributed by atoms with E-state index in [9.17, 15) is 18.0 Å². The van der Waals surface area contributed by atoms with Gasteiger partial charge in [-0.25, -0.2) is 8.42 Å². The number of ether oxygens (including phenoxy) is 1. The molecule has 1 N–H and O–H groups in total. The van der Waals surface area contributed by atoms with Crippen LogP contribution in [0.3, 0.4) is 0 Å². The van der Waals surface area contributed by atoms with E-state index in [4.69, 9.17) is 16.3 Å². The molecule has 3 aromatic rings. The number of nitrogens with one attached hydrogen (secondary N) is 1. The molecular formula is C34H42ClN3O5S. The van der Waals surface area contributed by atoms with Crippen molar-refractivity contribution < 1.29 is 22.7 Å². The first-order valence-electron chi connectivity index (χ1n) is 15.1. The van der Waals surface area contributed by atoms with Gasteiger partial charge in [0, 0.05) is 37.0 Å². The van der Waals surface area contributed by atoms with Gasteiger partial charge < -0.3 is 15.0 Å². The summed E-state index contributed by atoms with van der Waals surface area (Å²) in [5.74, 6) is -0.0158. The highest BCUT2D eigenvalue weighted by Gasteiger charge is 2.32. The van der Waals surface area contributed by atoms with Crippen LogP contribution in [0.4, 0.5) is 5.69 Å². The first kappa shape index (κ1) is 33.3. The Labute approximate surface area is 266 Å². The lowest BCUT2D eigenvalue weighted by Gasteiger charge is -2.34. The molecule has 3 aromatic carbocycles. The largest absolute Gasteiger partial charge is 0.495 e. The zero-order valence-electron chi connectivity index (χ0n) is 25.5. The molecule has 0 heterocycles. The summed E-state index contributed by atoms with van der Waals surface area (Å²) >= 11 is 6.54. The van der Waals surface area contributed by atoms with Crippen molar-refractivity contribution >= 4 is 39.1 Å². The van der Waals surface area contributed by atoms with Crippen LogP contribution in [0.25, 0.3) is 0 Å². The number of carbonyl (C=O) groups is 2. The molecule has 0 spiro atoms. The van der Waals surface area contributed by atoms with Crippen LogP contribution in [0.1, 0.15) is 56.1 Å². The maximum atomic E-state index is 14.1. The molecule has 44 heavy (non-hydrogen) atoms. The van der Waals surface area contributed by atoms with Gasteiger partial charge in [-0.15, -0.1) is 0 Å². The number of sulfonamides is 1. The second-order valence-corrected chi connectivity index (χ2v) is 13.6. The summed E-state index contributed by atoms with van der Waals surface area (Å²) in [5.41, 5.74) is 2.08. The summed E-state index contributed by atoms with van der Waals surface area (Å²) in [6.07, 6.45) is 6.90. The maximum absolute atomic E-state index is 14.1. The zero-order valence-corrected chi connectivity index (χ0v) is 27.0. The number of carbonyl (C=O) groups excluding carboxylic acids is 2. The number of amides is 2. The van der Waals surface area contributed by atoms with E-state index in [1.54, 1.807) is 35.2 Å². The summed E-state index contributed by atoms with van der Waals surface area (Å²) < 4.78 is 32.2. The van der Waals surface area contributed by atoms with Crippen molar-refractivity contribution in [2.24, 2.45) is 0 Å². The summed E-state index contributed by atoms with van der Waals surface area (Å²) in [6.45, 7) is 0.221. The van der Waals surface area contributed by atoms with E-state index in [1.807, 2.05) is 48.5 Å². The lowest BCUT2D eigenvalue weighted by atomic mass is 9.94. The summed E-state index contributed by atoms with van der Waals surface area (Å²) in [6, 6.07) is 23.2. The molecule has 8 nitrogen and oxygen atoms in total. The average Bonchev–Trinajstić information content (AvgIpc) is 3.02. The van der Waals surface area contributed by atoms with E-state index in [-0.39, 0.29) is 43.8 Å². The third kappa shape index (κ3) is 9.22. The van der Waals surface area contributed by atoms with Crippen LogP contribution >= 0.6 is 11.6 Å². The number of hydrogen-bond acceptors (Lipinski definition) is 5. The number of benzene rings is 3. The van der Waals surface area contributed by atoms with E-state index in [0.717, 1.165) is 49.5 Å². The van der Waals surface area contributed by atoms with E-state index in [1.165, 1.54) is 11.4 Å². The number of methoxy groups -OCH3 is 1. The molecule has 1 saturated carbocycles. The quantitative estimate of drug-likeness (QED) is 0.234. The number of para-hydroxylation sites is 2. The number of anilines is 1. The van der Waals surface area contributed by atoms with Crippen LogP contribution in [0.5, 0.6) is 5.75 Å². The minimum absolute atomic E-state index is 0.0353. The molecule has 0 bridgehead atoms. The van der Waals surface area contributed by atoms with Gasteiger partial charge in [0.15, 0.2) is 0 Å². The Morgan fingerprint density at radius 2 is 1.61 bits per heavy atom. The topological polar surface area (TPSA) is 96.0 Å². The van der Waals surface area contributed by atoms with Gasteiger partial charge in [-0.3, -0.25) is 13.9 Å². The molecular weight excluding hydrogens is 598 g/mol. The standard InChI is InChI=1S/C34H42ClN3O5S/c1-43-32-21-12-11-20-30(32)38(44(2,41)42)23-13-22-33(39)37(25-27-16-9-10-19-29(27)35)31(24-26-14-5-3-6-15-26)34(40)36-28-17-7-4-8-18-28/h3,5-6,9-12,14-16,19-21,28,31H,4,7-8,13,17-18,22-25H2,1-2H3,(H,36,40)/t31-/m0/s1. The number of rotatable bonds is 14. The fraction of sp³-hybridized carbons (Fsp3) is 0.412. The van der Waals surface area contributed by atoms with E-state index in [2.05, 4.69) is 5.32 Å². The van der Waals surface area contributed by atoms with Crippen LogP contribution in [0.2, 0.25) is 5.02 Å². The highest BCUT2D eigenvalue weighted by molar-refractivity contribution is 7.92. The van der Waals surface area contributed by atoms with Gasteiger partial charge in [0.25, 0.3) is 0 Å². The third-order valence-corrected chi connectivity index (χ3v) is 9.58. The number of hydrogen-bond donors (Lipinski definition) is 1. The molecule has 0 aliphatic heterocycles. The predicted octanol–water partition coefficient (Wildman–Crippen LogP) is 5.98. The van der Waals surface area contributed by atoms with Crippen molar-refractivity contribution in [2.75, 3.05) is 24.2 Å². The van der Waals surface area contributed by atoms with Crippen molar-refractivity contribution in [1.82, 2.24) is 10.2 Å². The first-order valence-corrected chi connectivity index (χ1v) is 17.4. The van der Waals surface area contributed by atoms with Crippen LogP contribution in [-0.4, -0.2) is 57.1 Å². The van der Waals surface area contributed by atoms with Crippen LogP contribution < -0.4 is 14.4 Å². The molecule has 1 fully saturated rings. The van der Waals surface area contributed by atoms with Crippen LogP contribution in [-0.2, 0) is 32.6 Å². The Morgan fingerprint density at radius 1 is 0.955 bits per heavy atom. The van der Waals surface area contributed by atoms with Gasteiger partial charge in [-0.1, -0.05) is 91.5 Å². The molecule has 0 radical (unpaired) electrons. The normalized spacial score (nSPS) is 14.4. The predicted molar refractivity (Wildman–Crippen MR) is 175 cm³/mol. The summed E-state index contributed by atoms with van der Waals surface area (Å²) in [7, 11) is -2.18. The lowest BCUT2D eigenvalue weighted by Crippen LogP contribution is -2.53. The highest BCUT2D eigenvalue weighted by atomic mass is 35.5. The van der Waals surface area contributed by atoms with Crippen LogP contribution in [0.15, 0.2) is 78.9 Å². The third-order valence-electron chi connectivity index (χ3n) is 8.03. The van der Waals surface area contributed by atoms with Crippen molar-refractivity contribution in [3.8, 4) is 5.75 Å². The van der Waals surface area contributed by atoms with Gasteiger partial charge >= 0.3 is 0 Å². The lowest BCUT2D eigenvalue weighted by molar-refractivity contribution is -0.141. The van der Waals surface area contributed by atoms with Gasteiger partial charge in [0.1, 0.15) is 11.8 Å². The highest BCUT2D eigenvalue weighted by Crippen LogP contribution is 2.30. The molecule has 1 atom stereocenters. The summed E-state index contributed by atoms with van der Waals surface area (Å²) in [4.78, 5) is 29.7. The van der Waals surface area contributed by atoms with Crippen LogP contribution in [0, 0.1) is 0 Å². The van der Waals surface area contributed by atoms with Gasteiger partial charge in [-0.05, 0) is 48.6 Å². The fourth-order valence-corrected chi connectivity index (χ4v) is 6.89. The van der Waals surface area contributed by atoms with E-state index >= 15 is 0 Å². The molecule has 1 aliphatic rings. The zero-order chi connectivity index (χ0) is 31.5. The monoisotopic (exact) mass is 639 g/mol. The maximum Gasteiger partial charge on any atom is 0.243 e. The minimum atomic E-state index is -3.66. The summed E-state index contributed by atoms with van der Waals surface area (Å²) in [5, 5.41) is 3.75. The number of nitrogens with zero attached hydrogens (tertiary/aromatic N) is 2. The van der Waals surface area contributed by atoms with Crippen molar-refractivity contribution in [1.29, 1.82) is 0 Å². The molecule has 2 amide bonds. The molecule has 1 aliphatic carbocycles. The Morgan fingerprint density at radius 3 is 2.30 bits per heavy atom. The molecule has 236 valence electrons. The van der Waals surface area contributed by atoms with E-state index in [0.29, 0.717) is 22.9 Å². The Bertz CT molecular complexity index is 1500. The Balaban J connectivity index is 1.61. The molecule has 0 unspecified atom stereocenters. The van der Waals surface area contributed by atoms with Gasteiger partial charge in [0.2, 0.25) is 21.8 Å². The second-order valence-electron chi connectivity index (χ2n) is 11.3. The molecule has 0 aromatic heterocycles. The van der Waals surface area contributed by atoms with E-state index < -0.39 is 16.1 Å². The minimum Gasteiger partial charge on any atom is -0.495 e. The van der Waals surface area contributed by atoms with Crippen molar-refractivity contribution in [3.05, 3.63) is 95.0 Å². The Hall–Kier alpha value is -3.56. The molecule has 4 rings (SSSR count). The Kier molecular flexibility index (Phi) is 12.1. The second kappa shape index (κ2) is 16.0. The van der Waals surface area contributed by atoms with Gasteiger partial charge in [-0.2, -0.15) is 0 Å². The van der Waals surface area contributed by atoms with Crippen molar-refractivity contribution in [3.63, 3.8) is 0 Å². The fourth-order valence-electron chi connectivity index (χ4n) is 5.73.